The lowest BCUT2D eigenvalue weighted by atomic mass is 10.1. The highest BCUT2D eigenvalue weighted by molar-refractivity contribution is 5.81. The third-order valence-corrected chi connectivity index (χ3v) is 3.41. The van der Waals surface area contributed by atoms with Crippen molar-refractivity contribution in [3.05, 3.63) is 32.1 Å². The Kier molecular flexibility index (Phi) is 6.09. The first-order chi connectivity index (χ1) is 10.3. The van der Waals surface area contributed by atoms with Gasteiger partial charge >= 0.3 is 11.7 Å². The molecule has 0 bridgehead atoms. The third kappa shape index (κ3) is 4.06. The smallest absolute Gasteiger partial charge is 0.330 e. The van der Waals surface area contributed by atoms with Crippen molar-refractivity contribution in [1.29, 1.82) is 0 Å². The van der Waals surface area contributed by atoms with Crippen LogP contribution in [0.5, 0.6) is 0 Å². The highest BCUT2D eigenvalue weighted by atomic mass is 16.5. The van der Waals surface area contributed by atoms with E-state index in [9.17, 15) is 19.2 Å². The molecule has 0 spiro atoms. The minimum Gasteiger partial charge on any atom is -0.465 e. The minimum atomic E-state index is -0.509. The fourth-order valence-corrected chi connectivity index (χ4v) is 2.01. The fourth-order valence-electron chi connectivity index (χ4n) is 2.01. The molecule has 122 valence electrons. The van der Waals surface area contributed by atoms with E-state index >= 15 is 0 Å². The van der Waals surface area contributed by atoms with E-state index in [1.54, 1.807) is 20.9 Å². The Bertz CT molecular complexity index is 687. The summed E-state index contributed by atoms with van der Waals surface area (Å²) in [7, 11) is 2.97. The predicted molar refractivity (Wildman–Crippen MR) is 79.6 cm³/mol. The van der Waals surface area contributed by atoms with Crippen molar-refractivity contribution in [1.82, 2.24) is 14.5 Å². The van der Waals surface area contributed by atoms with Crippen molar-refractivity contribution < 1.29 is 14.3 Å². The summed E-state index contributed by atoms with van der Waals surface area (Å²) in [5.74, 6) is -0.867. The second-order valence-electron chi connectivity index (χ2n) is 4.85. The quantitative estimate of drug-likeness (QED) is 0.680. The number of nitrogens with one attached hydrogen (secondary N) is 1. The number of carbonyl (C=O) groups excluding carboxylic acids is 2. The third-order valence-electron chi connectivity index (χ3n) is 3.41. The zero-order valence-electron chi connectivity index (χ0n) is 13.3. The number of ether oxygens (including phenoxy) is 1. The summed E-state index contributed by atoms with van der Waals surface area (Å²) in [6, 6.07) is 0. The summed E-state index contributed by atoms with van der Waals surface area (Å²) in [5.41, 5.74) is 0.138. The van der Waals surface area contributed by atoms with Gasteiger partial charge in [-0.05, 0) is 20.3 Å². The van der Waals surface area contributed by atoms with Gasteiger partial charge in [0.1, 0.15) is 6.54 Å². The van der Waals surface area contributed by atoms with E-state index in [0.717, 1.165) is 4.57 Å². The molecule has 0 saturated heterocycles. The first kappa shape index (κ1) is 17.7. The average Bonchev–Trinajstić information content (AvgIpc) is 2.49. The fraction of sp³-hybridized carbons (Fsp3) is 0.571. The van der Waals surface area contributed by atoms with Gasteiger partial charge in [0.25, 0.3) is 5.56 Å². The molecule has 0 saturated carbocycles. The second-order valence-corrected chi connectivity index (χ2v) is 4.85. The van der Waals surface area contributed by atoms with Crippen LogP contribution in [0.1, 0.15) is 24.6 Å². The molecule has 1 aromatic heterocycles. The first-order valence-corrected chi connectivity index (χ1v) is 6.97. The van der Waals surface area contributed by atoms with Gasteiger partial charge in [-0.15, -0.1) is 0 Å². The molecule has 0 aliphatic carbocycles. The Labute approximate surface area is 127 Å². The van der Waals surface area contributed by atoms with Crippen LogP contribution in [0.25, 0.3) is 0 Å². The monoisotopic (exact) mass is 311 g/mol. The Hall–Kier alpha value is -2.38. The van der Waals surface area contributed by atoms with Gasteiger partial charge in [0.05, 0.1) is 6.61 Å². The Morgan fingerprint density at radius 3 is 2.41 bits per heavy atom. The number of esters is 1. The topological polar surface area (TPSA) is 99.4 Å². The molecule has 0 aromatic carbocycles. The van der Waals surface area contributed by atoms with E-state index < -0.39 is 17.2 Å². The number of nitrogens with zero attached hydrogens (tertiary/aromatic N) is 2. The lowest BCUT2D eigenvalue weighted by Gasteiger charge is -2.11. The normalized spacial score (nSPS) is 10.4. The molecule has 8 nitrogen and oxygen atoms in total. The summed E-state index contributed by atoms with van der Waals surface area (Å²) in [6.45, 7) is 3.39. The molecular formula is C14H21N3O5. The minimum absolute atomic E-state index is 0.0493. The van der Waals surface area contributed by atoms with Crippen molar-refractivity contribution >= 4 is 11.9 Å². The molecule has 0 aliphatic heterocycles. The van der Waals surface area contributed by atoms with Gasteiger partial charge in [-0.3, -0.25) is 19.0 Å². The summed E-state index contributed by atoms with van der Waals surface area (Å²) >= 11 is 0. The summed E-state index contributed by atoms with van der Waals surface area (Å²) < 4.78 is 7.07. The van der Waals surface area contributed by atoms with Crippen molar-refractivity contribution in [2.75, 3.05) is 13.2 Å². The van der Waals surface area contributed by atoms with Crippen LogP contribution >= 0.6 is 0 Å². The van der Waals surface area contributed by atoms with Crippen molar-refractivity contribution in [3.8, 4) is 0 Å². The predicted octanol–water partition coefficient (Wildman–Crippen LogP) is -0.996. The number of hydrogen-bond acceptors (Lipinski definition) is 5. The zero-order valence-corrected chi connectivity index (χ0v) is 13.3. The van der Waals surface area contributed by atoms with Gasteiger partial charge in [-0.1, -0.05) is 0 Å². The van der Waals surface area contributed by atoms with E-state index in [2.05, 4.69) is 5.32 Å². The van der Waals surface area contributed by atoms with Crippen LogP contribution in [-0.4, -0.2) is 34.2 Å². The van der Waals surface area contributed by atoms with E-state index in [1.807, 2.05) is 0 Å². The van der Waals surface area contributed by atoms with Gasteiger partial charge in [-0.25, -0.2) is 4.79 Å². The number of amides is 1. The standard InChI is InChI=1S/C14H21N3O5/c1-5-22-12(19)8-15-11(18)7-6-10-9(2)16(3)14(21)17(4)13(10)20/h5-8H2,1-4H3,(H,15,18). The van der Waals surface area contributed by atoms with E-state index in [-0.39, 0.29) is 31.9 Å². The Balaban J connectivity index is 2.74. The lowest BCUT2D eigenvalue weighted by Crippen LogP contribution is -2.40. The van der Waals surface area contributed by atoms with Crippen LogP contribution in [0.4, 0.5) is 0 Å². The van der Waals surface area contributed by atoms with E-state index in [1.165, 1.54) is 11.6 Å². The molecule has 0 atom stereocenters. The summed E-state index contributed by atoms with van der Waals surface area (Å²) in [4.78, 5) is 46.6. The molecule has 1 amide bonds. The summed E-state index contributed by atoms with van der Waals surface area (Å²) in [6.07, 6.45) is 0.245. The van der Waals surface area contributed by atoms with Crippen molar-refractivity contribution in [2.45, 2.75) is 26.7 Å². The molecule has 1 aromatic rings. The van der Waals surface area contributed by atoms with Crippen molar-refractivity contribution in [2.24, 2.45) is 14.1 Å². The molecule has 22 heavy (non-hydrogen) atoms. The Morgan fingerprint density at radius 2 is 1.82 bits per heavy atom. The highest BCUT2D eigenvalue weighted by Gasteiger charge is 2.14. The van der Waals surface area contributed by atoms with Gasteiger partial charge in [0, 0.05) is 31.8 Å². The van der Waals surface area contributed by atoms with Crippen LogP contribution in [0.15, 0.2) is 9.59 Å². The highest BCUT2D eigenvalue weighted by Crippen LogP contribution is 2.02. The molecular weight excluding hydrogens is 290 g/mol. The van der Waals surface area contributed by atoms with Gasteiger partial charge < -0.3 is 14.6 Å². The van der Waals surface area contributed by atoms with Gasteiger partial charge in [0.15, 0.2) is 0 Å². The number of carbonyl (C=O) groups is 2. The van der Waals surface area contributed by atoms with Crippen LogP contribution in [0, 0.1) is 6.92 Å². The zero-order chi connectivity index (χ0) is 16.9. The molecule has 0 fully saturated rings. The molecule has 8 heteroatoms. The van der Waals surface area contributed by atoms with Crippen molar-refractivity contribution in [3.63, 3.8) is 0 Å². The van der Waals surface area contributed by atoms with E-state index in [4.69, 9.17) is 4.74 Å². The molecule has 0 aliphatic rings. The van der Waals surface area contributed by atoms with Crippen LogP contribution in [0.2, 0.25) is 0 Å². The largest absolute Gasteiger partial charge is 0.465 e. The van der Waals surface area contributed by atoms with E-state index in [0.29, 0.717) is 11.3 Å². The van der Waals surface area contributed by atoms with Crippen LogP contribution < -0.4 is 16.6 Å². The first-order valence-electron chi connectivity index (χ1n) is 6.97. The second kappa shape index (κ2) is 7.58. The maximum Gasteiger partial charge on any atom is 0.330 e. The maximum absolute atomic E-state index is 12.1. The molecule has 1 rings (SSSR count). The SMILES string of the molecule is CCOC(=O)CNC(=O)CCc1c(C)n(C)c(=O)n(C)c1=O. The molecule has 1 heterocycles. The summed E-state index contributed by atoms with van der Waals surface area (Å²) in [5, 5.41) is 2.43. The molecule has 1 N–H and O–H groups in total. The Morgan fingerprint density at radius 1 is 1.18 bits per heavy atom. The number of aromatic nitrogens is 2. The average molecular weight is 311 g/mol. The van der Waals surface area contributed by atoms with Gasteiger partial charge in [0.2, 0.25) is 5.91 Å². The lowest BCUT2D eigenvalue weighted by molar-refractivity contribution is -0.143. The molecule has 0 radical (unpaired) electrons. The van der Waals surface area contributed by atoms with Crippen LogP contribution in [-0.2, 0) is 34.8 Å². The van der Waals surface area contributed by atoms with Crippen LogP contribution in [0.3, 0.4) is 0 Å². The van der Waals surface area contributed by atoms with Gasteiger partial charge in [-0.2, -0.15) is 0 Å². The molecule has 0 unspecified atom stereocenters. The number of hydrogen-bond donors (Lipinski definition) is 1. The number of rotatable bonds is 6. The maximum atomic E-state index is 12.1.